The molecule has 3 amide bonds. The SMILES string of the molecule is CCOC(=O)C1CCN(C(=O)CCC(=O)NNC(=O)c2ccccc2)CC1. The first-order valence-corrected chi connectivity index (χ1v) is 9.10. The van der Waals surface area contributed by atoms with E-state index in [2.05, 4.69) is 10.9 Å². The van der Waals surface area contributed by atoms with Gasteiger partial charge in [0.1, 0.15) is 0 Å². The van der Waals surface area contributed by atoms with Crippen molar-refractivity contribution in [3.63, 3.8) is 0 Å². The van der Waals surface area contributed by atoms with Crippen LogP contribution >= 0.6 is 0 Å². The molecule has 0 radical (unpaired) electrons. The van der Waals surface area contributed by atoms with E-state index in [-0.39, 0.29) is 30.6 Å². The summed E-state index contributed by atoms with van der Waals surface area (Å²) in [5.74, 6) is -1.36. The van der Waals surface area contributed by atoms with Gasteiger partial charge in [0.15, 0.2) is 0 Å². The van der Waals surface area contributed by atoms with Crippen molar-refractivity contribution in [2.75, 3.05) is 19.7 Å². The van der Waals surface area contributed by atoms with Gasteiger partial charge in [-0.05, 0) is 31.9 Å². The fourth-order valence-corrected chi connectivity index (χ4v) is 2.85. The zero-order chi connectivity index (χ0) is 19.6. The van der Waals surface area contributed by atoms with E-state index in [0.29, 0.717) is 38.1 Å². The summed E-state index contributed by atoms with van der Waals surface area (Å²) in [6.45, 7) is 3.08. The molecule has 1 aromatic carbocycles. The van der Waals surface area contributed by atoms with E-state index in [1.807, 2.05) is 0 Å². The van der Waals surface area contributed by atoms with E-state index in [9.17, 15) is 19.2 Å². The topological polar surface area (TPSA) is 105 Å². The van der Waals surface area contributed by atoms with Crippen LogP contribution < -0.4 is 10.9 Å². The first-order valence-electron chi connectivity index (χ1n) is 9.10. The van der Waals surface area contributed by atoms with Crippen LogP contribution in [0.25, 0.3) is 0 Å². The molecular formula is C19H25N3O5. The molecule has 27 heavy (non-hydrogen) atoms. The van der Waals surface area contributed by atoms with Gasteiger partial charge in [-0.1, -0.05) is 18.2 Å². The van der Waals surface area contributed by atoms with Crippen LogP contribution in [0.2, 0.25) is 0 Å². The lowest BCUT2D eigenvalue weighted by Gasteiger charge is -2.30. The molecule has 0 spiro atoms. The Hall–Kier alpha value is -2.90. The average Bonchev–Trinajstić information content (AvgIpc) is 2.71. The number of rotatable bonds is 6. The Morgan fingerprint density at radius 1 is 1.04 bits per heavy atom. The third-order valence-corrected chi connectivity index (χ3v) is 4.38. The van der Waals surface area contributed by atoms with Gasteiger partial charge in [-0.2, -0.15) is 0 Å². The molecule has 2 rings (SSSR count). The van der Waals surface area contributed by atoms with Crippen LogP contribution in [0, 0.1) is 5.92 Å². The van der Waals surface area contributed by atoms with Gasteiger partial charge < -0.3 is 9.64 Å². The number of benzene rings is 1. The molecule has 0 saturated carbocycles. The summed E-state index contributed by atoms with van der Waals surface area (Å²) in [6.07, 6.45) is 1.18. The highest BCUT2D eigenvalue weighted by Gasteiger charge is 2.28. The number of hydrazine groups is 1. The maximum Gasteiger partial charge on any atom is 0.309 e. The number of carbonyl (C=O) groups is 4. The van der Waals surface area contributed by atoms with Crippen LogP contribution in [0.1, 0.15) is 43.0 Å². The number of hydrogen-bond acceptors (Lipinski definition) is 5. The Labute approximate surface area is 158 Å². The molecule has 1 aromatic rings. The Kier molecular flexibility index (Phi) is 7.79. The molecule has 0 unspecified atom stereocenters. The van der Waals surface area contributed by atoms with Crippen molar-refractivity contribution in [1.82, 2.24) is 15.8 Å². The number of likely N-dealkylation sites (tertiary alicyclic amines) is 1. The molecule has 2 N–H and O–H groups in total. The fraction of sp³-hybridized carbons (Fsp3) is 0.474. The Bertz CT molecular complexity index is 669. The first kappa shape index (κ1) is 20.4. The Morgan fingerprint density at radius 3 is 2.33 bits per heavy atom. The maximum atomic E-state index is 12.2. The van der Waals surface area contributed by atoms with Gasteiger partial charge in [-0.15, -0.1) is 0 Å². The summed E-state index contributed by atoms with van der Waals surface area (Å²) in [6, 6.07) is 8.49. The normalized spacial score (nSPS) is 14.3. The summed E-state index contributed by atoms with van der Waals surface area (Å²) in [4.78, 5) is 49.2. The standard InChI is InChI=1S/C19H25N3O5/c1-2-27-19(26)15-10-12-22(13-11-15)17(24)9-8-16(23)20-21-18(25)14-6-4-3-5-7-14/h3-7,15H,2,8-13H2,1H3,(H,20,23)(H,21,25). The van der Waals surface area contributed by atoms with E-state index in [1.54, 1.807) is 42.2 Å². The van der Waals surface area contributed by atoms with E-state index < -0.39 is 11.8 Å². The zero-order valence-corrected chi connectivity index (χ0v) is 15.4. The van der Waals surface area contributed by atoms with Crippen molar-refractivity contribution in [1.29, 1.82) is 0 Å². The number of nitrogens with zero attached hydrogens (tertiary/aromatic N) is 1. The predicted octanol–water partition coefficient (Wildman–Crippen LogP) is 1.03. The van der Waals surface area contributed by atoms with Crippen LogP contribution in [0.4, 0.5) is 0 Å². The van der Waals surface area contributed by atoms with E-state index in [0.717, 1.165) is 0 Å². The number of piperidine rings is 1. The molecule has 0 aliphatic carbocycles. The van der Waals surface area contributed by atoms with Crippen LogP contribution in [0.3, 0.4) is 0 Å². The lowest BCUT2D eigenvalue weighted by molar-refractivity contribution is -0.151. The molecule has 0 bridgehead atoms. The summed E-state index contributed by atoms with van der Waals surface area (Å²) in [7, 11) is 0. The Balaban J connectivity index is 1.66. The second kappa shape index (κ2) is 10.3. The second-order valence-corrected chi connectivity index (χ2v) is 6.28. The molecule has 1 aliphatic rings. The van der Waals surface area contributed by atoms with E-state index in [1.165, 1.54) is 0 Å². The van der Waals surface area contributed by atoms with Crippen molar-refractivity contribution in [2.24, 2.45) is 5.92 Å². The van der Waals surface area contributed by atoms with Crippen LogP contribution in [-0.4, -0.2) is 48.3 Å². The lowest BCUT2D eigenvalue weighted by Crippen LogP contribution is -2.43. The molecule has 1 fully saturated rings. The van der Waals surface area contributed by atoms with Crippen LogP contribution in [0.15, 0.2) is 30.3 Å². The Morgan fingerprint density at radius 2 is 1.70 bits per heavy atom. The summed E-state index contributed by atoms with van der Waals surface area (Å²) < 4.78 is 5.00. The molecular weight excluding hydrogens is 350 g/mol. The number of carbonyl (C=O) groups excluding carboxylic acids is 4. The maximum absolute atomic E-state index is 12.2. The van der Waals surface area contributed by atoms with Crippen LogP contribution in [0.5, 0.6) is 0 Å². The largest absolute Gasteiger partial charge is 0.466 e. The molecule has 1 saturated heterocycles. The number of ether oxygens (including phenoxy) is 1. The van der Waals surface area contributed by atoms with Gasteiger partial charge in [0.2, 0.25) is 11.8 Å². The van der Waals surface area contributed by atoms with Crippen molar-refractivity contribution < 1.29 is 23.9 Å². The lowest BCUT2D eigenvalue weighted by atomic mass is 9.97. The monoisotopic (exact) mass is 375 g/mol. The number of nitrogens with one attached hydrogen (secondary N) is 2. The van der Waals surface area contributed by atoms with Crippen molar-refractivity contribution >= 4 is 23.7 Å². The first-order chi connectivity index (χ1) is 13.0. The van der Waals surface area contributed by atoms with Gasteiger partial charge in [-0.3, -0.25) is 30.0 Å². The highest BCUT2D eigenvalue weighted by atomic mass is 16.5. The molecule has 1 heterocycles. The highest BCUT2D eigenvalue weighted by Crippen LogP contribution is 2.19. The smallest absolute Gasteiger partial charge is 0.309 e. The van der Waals surface area contributed by atoms with E-state index in [4.69, 9.17) is 4.74 Å². The summed E-state index contributed by atoms with van der Waals surface area (Å²) in [5.41, 5.74) is 5.05. The molecule has 8 nitrogen and oxygen atoms in total. The number of amides is 3. The molecule has 0 aromatic heterocycles. The number of esters is 1. The average molecular weight is 375 g/mol. The summed E-state index contributed by atoms with van der Waals surface area (Å²) >= 11 is 0. The van der Waals surface area contributed by atoms with Gasteiger partial charge in [-0.25, -0.2) is 0 Å². The van der Waals surface area contributed by atoms with Crippen molar-refractivity contribution in [3.8, 4) is 0 Å². The third kappa shape index (κ3) is 6.40. The van der Waals surface area contributed by atoms with Gasteiger partial charge in [0.05, 0.1) is 12.5 Å². The minimum absolute atomic E-state index is 0.0221. The quantitative estimate of drug-likeness (QED) is 0.571. The van der Waals surface area contributed by atoms with Crippen LogP contribution in [-0.2, 0) is 19.1 Å². The fourth-order valence-electron chi connectivity index (χ4n) is 2.85. The molecule has 146 valence electrons. The van der Waals surface area contributed by atoms with Gasteiger partial charge >= 0.3 is 5.97 Å². The summed E-state index contributed by atoms with van der Waals surface area (Å²) in [5, 5.41) is 0. The van der Waals surface area contributed by atoms with Gasteiger partial charge in [0, 0.05) is 31.5 Å². The third-order valence-electron chi connectivity index (χ3n) is 4.38. The minimum atomic E-state index is -0.436. The van der Waals surface area contributed by atoms with Crippen molar-refractivity contribution in [3.05, 3.63) is 35.9 Å². The van der Waals surface area contributed by atoms with Crippen molar-refractivity contribution in [2.45, 2.75) is 32.6 Å². The van der Waals surface area contributed by atoms with E-state index >= 15 is 0 Å². The zero-order valence-electron chi connectivity index (χ0n) is 15.4. The molecule has 8 heteroatoms. The second-order valence-electron chi connectivity index (χ2n) is 6.28. The number of hydrogen-bond donors (Lipinski definition) is 2. The van der Waals surface area contributed by atoms with Gasteiger partial charge in [0.25, 0.3) is 5.91 Å². The molecule has 0 atom stereocenters. The minimum Gasteiger partial charge on any atom is -0.466 e. The highest BCUT2D eigenvalue weighted by molar-refractivity contribution is 5.95. The predicted molar refractivity (Wildman–Crippen MR) is 97.2 cm³/mol. The molecule has 1 aliphatic heterocycles.